The number of pyridine rings is 1. The number of benzene rings is 2. The quantitative estimate of drug-likeness (QED) is 0.211. The summed E-state index contributed by atoms with van der Waals surface area (Å²) in [6.45, 7) is 1.97. The number of fused-ring (bicyclic) bond motifs is 1. The summed E-state index contributed by atoms with van der Waals surface area (Å²) in [5.74, 6) is -0.0573. The van der Waals surface area contributed by atoms with E-state index in [2.05, 4.69) is 4.98 Å². The molecule has 0 N–H and O–H groups in total. The van der Waals surface area contributed by atoms with Crippen molar-refractivity contribution in [1.82, 2.24) is 4.98 Å². The monoisotopic (exact) mass is 687 g/mol. The van der Waals surface area contributed by atoms with Gasteiger partial charge in [0.05, 0.1) is 12.7 Å². The number of halogens is 1. The third-order valence-electron chi connectivity index (χ3n) is 4.47. The van der Waals surface area contributed by atoms with Crippen LogP contribution in [0.4, 0.5) is 9.18 Å². The second kappa shape index (κ2) is 14.5. The number of furan rings is 1. The number of rotatable bonds is 3. The molecular weight excluding hydrogens is 671 g/mol. The van der Waals surface area contributed by atoms with Crippen molar-refractivity contribution in [3.63, 3.8) is 0 Å². The van der Waals surface area contributed by atoms with Gasteiger partial charge in [0, 0.05) is 22.7 Å². The van der Waals surface area contributed by atoms with Crippen molar-refractivity contribution >= 4 is 23.2 Å². The second-order valence-corrected chi connectivity index (χ2v) is 6.51. The van der Waals surface area contributed by atoms with Crippen LogP contribution in [0.5, 0.6) is 0 Å². The van der Waals surface area contributed by atoms with Crippen molar-refractivity contribution in [3.05, 3.63) is 77.7 Å². The number of esters is 1. The maximum atomic E-state index is 13.1. The molecule has 33 heavy (non-hydrogen) atoms. The molecule has 158 valence electrons. The maximum absolute atomic E-state index is 13.1. The zero-order valence-corrected chi connectivity index (χ0v) is 31.1. The number of nitrogens with zero attached hydrogens (tertiary/aromatic N) is 1. The molecule has 0 spiro atoms. The number of carbonyl (C=O) groups is 2. The summed E-state index contributed by atoms with van der Waals surface area (Å²) in [7, 11) is 1.36. The number of aromatic nitrogens is 1. The Hall–Kier alpha value is -0.0961. The Labute approximate surface area is 307 Å². The Morgan fingerprint density at radius 1 is 0.970 bits per heavy atom. The van der Waals surface area contributed by atoms with E-state index in [0.717, 1.165) is 27.6 Å². The predicted octanol–water partition coefficient (Wildman–Crippen LogP) is -3.04. The van der Waals surface area contributed by atoms with Crippen LogP contribution in [0, 0.1) is 12.7 Å². The zero-order valence-electron chi connectivity index (χ0n) is 18.5. The van der Waals surface area contributed by atoms with Gasteiger partial charge in [-0.05, 0) is 72.7 Å². The van der Waals surface area contributed by atoms with E-state index in [1.54, 1.807) is 30.5 Å². The van der Waals surface area contributed by atoms with Gasteiger partial charge in [-0.3, -0.25) is 0 Å². The number of carboxylic acid groups (broad SMARTS) is 2. The molecule has 4 aromatic rings. The van der Waals surface area contributed by atoms with Gasteiger partial charge < -0.3 is 24.2 Å². The molecule has 2 heterocycles. The van der Waals surface area contributed by atoms with E-state index >= 15 is 0 Å². The first-order valence-electron chi connectivity index (χ1n) is 9.01. The van der Waals surface area contributed by atoms with E-state index in [0.29, 0.717) is 17.0 Å². The predicted molar refractivity (Wildman–Crippen MR) is 106 cm³/mol. The third kappa shape index (κ3) is 8.51. The average molecular weight is 687 g/mol. The fourth-order valence-electron chi connectivity index (χ4n) is 3.01. The normalized spacial score (nSPS) is 9.67. The number of aryl methyl sites for hydroxylation is 1. The fraction of sp³-hybridized carbons (Fsp3) is 0.0870. The molecule has 0 radical (unpaired) electrons. The van der Waals surface area contributed by atoms with Gasteiger partial charge >= 0.3 is 144 Å². The van der Waals surface area contributed by atoms with Crippen LogP contribution in [0.15, 0.2) is 65.2 Å². The van der Waals surface area contributed by atoms with Crippen molar-refractivity contribution in [2.24, 2.45) is 0 Å². The molecule has 0 fully saturated rings. The molecule has 0 atom stereocenters. The first-order valence-corrected chi connectivity index (χ1v) is 9.01. The van der Waals surface area contributed by atoms with Crippen LogP contribution in [0.3, 0.4) is 0 Å². The van der Waals surface area contributed by atoms with E-state index in [1.807, 2.05) is 25.1 Å². The molecule has 0 aliphatic carbocycles. The molecule has 0 unspecified atom stereocenters. The molecule has 7 nitrogen and oxygen atoms in total. The van der Waals surface area contributed by atoms with E-state index < -0.39 is 6.16 Å². The molecule has 10 heteroatoms. The summed E-state index contributed by atoms with van der Waals surface area (Å²) < 4.78 is 23.7. The molecule has 4 rings (SSSR count). The van der Waals surface area contributed by atoms with Gasteiger partial charge in [0.25, 0.3) is 0 Å². The maximum Gasteiger partial charge on any atom is 1.00 e. The molecule has 0 bridgehead atoms. The zero-order chi connectivity index (χ0) is 22.5. The van der Waals surface area contributed by atoms with Crippen LogP contribution in [-0.2, 0) is 4.74 Å². The van der Waals surface area contributed by atoms with Gasteiger partial charge in [-0.1, -0.05) is 6.07 Å². The largest absolute Gasteiger partial charge is 1.00 e. The van der Waals surface area contributed by atoms with Crippen LogP contribution in [0.1, 0.15) is 15.9 Å². The summed E-state index contributed by atoms with van der Waals surface area (Å²) in [6, 6.07) is 15.4. The van der Waals surface area contributed by atoms with Crippen molar-refractivity contribution in [2.45, 2.75) is 6.92 Å². The molecule has 0 saturated carbocycles. The van der Waals surface area contributed by atoms with Crippen molar-refractivity contribution in [2.75, 3.05) is 7.11 Å². The Morgan fingerprint density at radius 2 is 1.61 bits per heavy atom. The van der Waals surface area contributed by atoms with Gasteiger partial charge in [0.15, 0.2) is 0 Å². The Bertz CT molecular complexity index is 1250. The van der Waals surface area contributed by atoms with Crippen LogP contribution in [0.25, 0.3) is 33.6 Å². The van der Waals surface area contributed by atoms with E-state index in [9.17, 15) is 9.18 Å². The van der Waals surface area contributed by atoms with Gasteiger partial charge in [0.1, 0.15) is 11.6 Å². The number of hydrogen-bond donors (Lipinski definition) is 0. The molecule has 2 aromatic carbocycles. The third-order valence-corrected chi connectivity index (χ3v) is 4.47. The summed E-state index contributed by atoms with van der Waals surface area (Å²) >= 11 is 0. The average Bonchev–Trinajstić information content (AvgIpc) is 3.17. The SMILES string of the molecule is COC(=O)c1ccc(C)c(-c2cnc3oc(-c4ccc(F)cc4)cc3c2)c1.O=C([O-])[O-].[Cs+].[Cs+]. The Kier molecular flexibility index (Phi) is 13.6. The second-order valence-electron chi connectivity index (χ2n) is 6.51. The summed E-state index contributed by atoms with van der Waals surface area (Å²) in [5, 5.41) is 17.5. The summed E-state index contributed by atoms with van der Waals surface area (Å²) in [6.07, 6.45) is -0.621. The summed E-state index contributed by atoms with van der Waals surface area (Å²) in [5.41, 5.74) is 4.55. The van der Waals surface area contributed by atoms with Crippen molar-refractivity contribution in [3.8, 4) is 22.5 Å². The van der Waals surface area contributed by atoms with Crippen molar-refractivity contribution < 1.29 is 171 Å². The molecule has 2 aromatic heterocycles. The van der Waals surface area contributed by atoms with Crippen LogP contribution in [-0.4, -0.2) is 24.2 Å². The minimum Gasteiger partial charge on any atom is -0.652 e. The first-order chi connectivity index (χ1) is 14.8. The van der Waals surface area contributed by atoms with E-state index in [4.69, 9.17) is 24.2 Å². The minimum absolute atomic E-state index is 0. The van der Waals surface area contributed by atoms with Gasteiger partial charge in [-0.25, -0.2) is 14.2 Å². The summed E-state index contributed by atoms with van der Waals surface area (Å²) in [4.78, 5) is 24.6. The topological polar surface area (TPSA) is 116 Å². The molecule has 0 aliphatic rings. The molecule has 0 aliphatic heterocycles. The van der Waals surface area contributed by atoms with Crippen molar-refractivity contribution in [1.29, 1.82) is 0 Å². The fourth-order valence-corrected chi connectivity index (χ4v) is 3.01. The molecular formula is C23H16Cs2FNO6. The van der Waals surface area contributed by atoms with Gasteiger partial charge in [-0.2, -0.15) is 0 Å². The molecule has 0 amide bonds. The number of hydrogen-bond acceptors (Lipinski definition) is 7. The Morgan fingerprint density at radius 3 is 2.21 bits per heavy atom. The minimum atomic E-state index is -2.33. The van der Waals surface area contributed by atoms with Gasteiger partial charge in [0.2, 0.25) is 5.71 Å². The van der Waals surface area contributed by atoms with E-state index in [-0.39, 0.29) is 150 Å². The van der Waals surface area contributed by atoms with Crippen LogP contribution < -0.4 is 148 Å². The van der Waals surface area contributed by atoms with Crippen LogP contribution >= 0.6 is 0 Å². The Balaban J connectivity index is 0.000000842. The van der Waals surface area contributed by atoms with Gasteiger partial charge in [-0.15, -0.1) is 0 Å². The number of ether oxygens (including phenoxy) is 1. The first kappa shape index (κ1) is 30.9. The number of carbonyl (C=O) groups excluding carboxylic acids is 2. The number of methoxy groups -OCH3 is 1. The smallest absolute Gasteiger partial charge is 0.652 e. The standard InChI is InChI=1S/C22H16FNO3.CH2O3.2Cs/c1-13-3-4-15(22(25)26-2)10-19(13)17-9-16-11-20(27-21(16)24-12-17)14-5-7-18(23)8-6-14;2-1(3)4;;/h3-12H,1-2H3;(H2,2,3,4);;/q;;2*+1/p-2. The van der Waals surface area contributed by atoms with Crippen LogP contribution in [0.2, 0.25) is 0 Å². The van der Waals surface area contributed by atoms with E-state index in [1.165, 1.54) is 19.2 Å². The molecule has 0 saturated heterocycles.